The van der Waals surface area contributed by atoms with Gasteiger partial charge in [0.25, 0.3) is 0 Å². The summed E-state index contributed by atoms with van der Waals surface area (Å²) in [6.07, 6.45) is 0.965. The Balaban J connectivity index is 1.85. The minimum Gasteiger partial charge on any atom is -0.394 e. The number of rotatable bonds is 9. The van der Waals surface area contributed by atoms with Crippen molar-refractivity contribution < 1.29 is 20.1 Å². The number of anilines is 2. The van der Waals surface area contributed by atoms with Gasteiger partial charge in [0.15, 0.2) is 23.2 Å². The van der Waals surface area contributed by atoms with Gasteiger partial charge >= 0.3 is 0 Å². The van der Waals surface area contributed by atoms with Gasteiger partial charge in [-0.05, 0) is 19.4 Å². The van der Waals surface area contributed by atoms with Crippen molar-refractivity contribution in [1.29, 1.82) is 0 Å². The molecule has 0 spiro atoms. The predicted molar refractivity (Wildman–Crippen MR) is 98.8 cm³/mol. The monoisotopic (exact) mass is 381 g/mol. The van der Waals surface area contributed by atoms with Gasteiger partial charge in [-0.1, -0.05) is 12.8 Å². The molecule has 1 saturated heterocycles. The number of fused-ring (bicyclic) bond motifs is 1. The third-order valence-corrected chi connectivity index (χ3v) is 4.69. The lowest BCUT2D eigenvalue weighted by atomic mass is 10.1. The smallest absolute Gasteiger partial charge is 0.207 e. The molecule has 0 aliphatic carbocycles. The Morgan fingerprint density at radius 1 is 1.15 bits per heavy atom. The molecule has 2 aromatic rings. The van der Waals surface area contributed by atoms with E-state index >= 15 is 0 Å². The van der Waals surface area contributed by atoms with Crippen LogP contribution in [0.3, 0.4) is 0 Å². The van der Waals surface area contributed by atoms with Crippen molar-refractivity contribution in [3.8, 4) is 0 Å². The molecule has 0 amide bonds. The summed E-state index contributed by atoms with van der Waals surface area (Å²) in [4.78, 5) is 12.6. The predicted octanol–water partition coefficient (Wildman–Crippen LogP) is -1.05. The number of hydrogen-bond acceptors (Lipinski definition) is 10. The van der Waals surface area contributed by atoms with E-state index in [0.717, 1.165) is 25.7 Å². The average molecular weight is 381 g/mol. The zero-order chi connectivity index (χ0) is 19.4. The van der Waals surface area contributed by atoms with Crippen LogP contribution in [0.1, 0.15) is 31.9 Å². The van der Waals surface area contributed by atoms with Gasteiger partial charge in [-0.2, -0.15) is 0 Å². The fourth-order valence-electron chi connectivity index (χ4n) is 3.21. The van der Waals surface area contributed by atoms with Gasteiger partial charge in [-0.15, -0.1) is 0 Å². The average Bonchev–Trinajstić information content (AvgIpc) is 3.17. The quantitative estimate of drug-likeness (QED) is 0.294. The summed E-state index contributed by atoms with van der Waals surface area (Å²) >= 11 is 0. The number of imidazole rings is 1. The van der Waals surface area contributed by atoms with E-state index in [1.807, 2.05) is 0 Å². The Hall–Kier alpha value is -2.05. The number of hydrogen-bond donors (Lipinski definition) is 6. The topological polar surface area (TPSA) is 178 Å². The standard InChI is InChI=1S/C16H27N7O4/c17-5-3-1-2-4-6-19-16-22-10-13(18)20-8-21-14(10)23(16)15-12(26)11(25)9(7-24)27-15/h8-9,11-12,15,24-26H,1-7,17H2,(H,19,22)(H2,18,20,21)/t9-,11?,12?,15-/m1/s1. The molecule has 11 nitrogen and oxygen atoms in total. The third-order valence-electron chi connectivity index (χ3n) is 4.69. The summed E-state index contributed by atoms with van der Waals surface area (Å²) in [5.41, 5.74) is 12.2. The van der Waals surface area contributed by atoms with Crippen LogP contribution in [0.2, 0.25) is 0 Å². The van der Waals surface area contributed by atoms with E-state index in [-0.39, 0.29) is 5.82 Å². The highest BCUT2D eigenvalue weighted by Gasteiger charge is 2.45. The molecule has 3 rings (SSSR count). The van der Waals surface area contributed by atoms with Crippen molar-refractivity contribution in [1.82, 2.24) is 19.5 Å². The summed E-state index contributed by atoms with van der Waals surface area (Å²) in [6, 6.07) is 0. The largest absolute Gasteiger partial charge is 0.394 e. The first-order chi connectivity index (χ1) is 13.1. The number of aromatic nitrogens is 4. The van der Waals surface area contributed by atoms with Crippen LogP contribution in [0.5, 0.6) is 0 Å². The maximum atomic E-state index is 10.4. The number of nitrogens with one attached hydrogen (secondary N) is 1. The number of ether oxygens (including phenoxy) is 1. The van der Waals surface area contributed by atoms with E-state index in [1.165, 1.54) is 6.33 Å². The molecule has 150 valence electrons. The van der Waals surface area contributed by atoms with Crippen molar-refractivity contribution in [3.05, 3.63) is 6.33 Å². The Morgan fingerprint density at radius 2 is 1.93 bits per heavy atom. The van der Waals surface area contributed by atoms with Crippen molar-refractivity contribution in [2.45, 2.75) is 50.2 Å². The molecule has 8 N–H and O–H groups in total. The molecule has 11 heteroatoms. The lowest BCUT2D eigenvalue weighted by Gasteiger charge is -2.19. The van der Waals surface area contributed by atoms with Gasteiger partial charge in [0, 0.05) is 6.54 Å². The number of aliphatic hydroxyl groups is 3. The third kappa shape index (κ3) is 3.96. The number of nitrogens with two attached hydrogens (primary N) is 2. The van der Waals surface area contributed by atoms with Gasteiger partial charge in [-0.25, -0.2) is 15.0 Å². The molecular formula is C16H27N7O4. The molecule has 0 radical (unpaired) electrons. The molecule has 0 bridgehead atoms. The van der Waals surface area contributed by atoms with Crippen LogP contribution < -0.4 is 16.8 Å². The molecule has 0 saturated carbocycles. The molecule has 27 heavy (non-hydrogen) atoms. The second kappa shape index (κ2) is 8.76. The number of aliphatic hydroxyl groups excluding tert-OH is 3. The zero-order valence-corrected chi connectivity index (χ0v) is 15.0. The molecule has 0 aromatic carbocycles. The van der Waals surface area contributed by atoms with Crippen LogP contribution in [-0.2, 0) is 4.74 Å². The highest BCUT2D eigenvalue weighted by atomic mass is 16.6. The second-order valence-corrected chi connectivity index (χ2v) is 6.60. The van der Waals surface area contributed by atoms with Crippen LogP contribution in [-0.4, -0.2) is 72.8 Å². The van der Waals surface area contributed by atoms with Crippen molar-refractivity contribution in [2.24, 2.45) is 5.73 Å². The maximum absolute atomic E-state index is 10.4. The molecular weight excluding hydrogens is 354 g/mol. The number of unbranched alkanes of at least 4 members (excludes halogenated alkanes) is 3. The second-order valence-electron chi connectivity index (χ2n) is 6.60. The summed E-state index contributed by atoms with van der Waals surface area (Å²) < 4.78 is 7.20. The Bertz CT molecular complexity index is 756. The minimum absolute atomic E-state index is 0.205. The van der Waals surface area contributed by atoms with Crippen molar-refractivity contribution in [3.63, 3.8) is 0 Å². The van der Waals surface area contributed by atoms with Crippen LogP contribution in [0.4, 0.5) is 11.8 Å². The number of nitrogen functional groups attached to an aromatic ring is 1. The lowest BCUT2D eigenvalue weighted by Crippen LogP contribution is -2.33. The molecule has 1 fully saturated rings. The Kier molecular flexibility index (Phi) is 6.39. The lowest BCUT2D eigenvalue weighted by molar-refractivity contribution is -0.0501. The van der Waals surface area contributed by atoms with Gasteiger partial charge < -0.3 is 36.8 Å². The molecule has 4 atom stereocenters. The van der Waals surface area contributed by atoms with Crippen LogP contribution >= 0.6 is 0 Å². The summed E-state index contributed by atoms with van der Waals surface area (Å²) in [7, 11) is 0. The summed E-state index contributed by atoms with van der Waals surface area (Å²) in [6.45, 7) is 0.921. The van der Waals surface area contributed by atoms with Gasteiger partial charge in [0.05, 0.1) is 6.61 Å². The van der Waals surface area contributed by atoms with Crippen molar-refractivity contribution >= 4 is 22.9 Å². The first kappa shape index (κ1) is 19.7. The fraction of sp³-hybridized carbons (Fsp3) is 0.688. The Labute approximate surface area is 156 Å². The van der Waals surface area contributed by atoms with Gasteiger partial charge in [0.2, 0.25) is 5.95 Å². The molecule has 3 heterocycles. The van der Waals surface area contributed by atoms with Gasteiger partial charge in [-0.3, -0.25) is 4.57 Å². The summed E-state index contributed by atoms with van der Waals surface area (Å²) in [5.74, 6) is 0.613. The van der Waals surface area contributed by atoms with E-state index in [2.05, 4.69) is 20.3 Å². The normalized spacial score (nSPS) is 25.3. The highest BCUT2D eigenvalue weighted by Crippen LogP contribution is 2.35. The summed E-state index contributed by atoms with van der Waals surface area (Å²) in [5, 5.41) is 33.1. The van der Waals surface area contributed by atoms with Gasteiger partial charge in [0.1, 0.15) is 24.6 Å². The minimum atomic E-state index is -1.25. The molecule has 2 unspecified atom stereocenters. The van der Waals surface area contributed by atoms with E-state index < -0.39 is 31.1 Å². The Morgan fingerprint density at radius 3 is 2.63 bits per heavy atom. The molecule has 2 aromatic heterocycles. The zero-order valence-electron chi connectivity index (χ0n) is 15.0. The number of nitrogens with zero attached hydrogens (tertiary/aromatic N) is 4. The van der Waals surface area contributed by atoms with Crippen LogP contribution in [0.15, 0.2) is 6.33 Å². The van der Waals surface area contributed by atoms with E-state index in [9.17, 15) is 15.3 Å². The van der Waals surface area contributed by atoms with Crippen LogP contribution in [0.25, 0.3) is 11.2 Å². The SMILES string of the molecule is NCCCCCCNc1nc2c(N)ncnc2n1[C@@H]1O[C@H](CO)C(O)C1O. The highest BCUT2D eigenvalue weighted by molar-refractivity contribution is 5.84. The van der Waals surface area contributed by atoms with E-state index in [1.54, 1.807) is 4.57 Å². The maximum Gasteiger partial charge on any atom is 0.207 e. The molecule has 1 aliphatic heterocycles. The van der Waals surface area contributed by atoms with E-state index in [0.29, 0.717) is 30.2 Å². The van der Waals surface area contributed by atoms with E-state index in [4.69, 9.17) is 16.2 Å². The van der Waals surface area contributed by atoms with Crippen LogP contribution in [0, 0.1) is 0 Å². The fourth-order valence-corrected chi connectivity index (χ4v) is 3.21. The first-order valence-corrected chi connectivity index (χ1v) is 9.13. The first-order valence-electron chi connectivity index (χ1n) is 9.13. The van der Waals surface area contributed by atoms with Crippen molar-refractivity contribution in [2.75, 3.05) is 30.7 Å². The molecule has 1 aliphatic rings.